The van der Waals surface area contributed by atoms with E-state index in [9.17, 15) is 9.18 Å². The molecule has 4 nitrogen and oxygen atoms in total. The number of carbonyl (C=O) groups excluding carboxylic acids is 1. The van der Waals surface area contributed by atoms with E-state index in [0.717, 1.165) is 22.5 Å². The number of hydrogen-bond donors (Lipinski definition) is 1. The molecule has 132 valence electrons. The number of carbonyl (C=O) groups is 1. The first-order valence-corrected chi connectivity index (χ1v) is 9.42. The summed E-state index contributed by atoms with van der Waals surface area (Å²) in [5.41, 5.74) is 4.21. The van der Waals surface area contributed by atoms with Crippen molar-refractivity contribution >= 4 is 23.5 Å². The number of nitrogens with one attached hydrogen (secondary N) is 1. The van der Waals surface area contributed by atoms with Crippen molar-refractivity contribution in [3.8, 4) is 5.69 Å². The van der Waals surface area contributed by atoms with E-state index in [2.05, 4.69) is 10.4 Å². The molecule has 1 aliphatic rings. The van der Waals surface area contributed by atoms with E-state index in [0.29, 0.717) is 11.4 Å². The highest BCUT2D eigenvalue weighted by Crippen LogP contribution is 2.44. The molecule has 3 aromatic rings. The summed E-state index contributed by atoms with van der Waals surface area (Å²) < 4.78 is 16.2. The highest BCUT2D eigenvalue weighted by molar-refractivity contribution is 8.00. The van der Waals surface area contributed by atoms with Crippen LogP contribution in [0.5, 0.6) is 0 Å². The number of thioether (sulfide) groups is 1. The SMILES string of the molecule is Cc1ccc(-n2nc(C)c3c2NC(=O)CS[C@H]3c2ccccc2F)cc1. The van der Waals surface area contributed by atoms with Crippen molar-refractivity contribution in [3.05, 3.63) is 76.7 Å². The van der Waals surface area contributed by atoms with Gasteiger partial charge in [-0.1, -0.05) is 35.9 Å². The highest BCUT2D eigenvalue weighted by atomic mass is 32.2. The Labute approximate surface area is 155 Å². The van der Waals surface area contributed by atoms with Gasteiger partial charge in [-0.05, 0) is 32.0 Å². The van der Waals surface area contributed by atoms with Gasteiger partial charge in [-0.15, -0.1) is 11.8 Å². The fraction of sp³-hybridized carbons (Fsp3) is 0.200. The average molecular weight is 367 g/mol. The predicted octanol–water partition coefficient (Wildman–Crippen LogP) is 4.40. The summed E-state index contributed by atoms with van der Waals surface area (Å²) in [6.07, 6.45) is 0. The van der Waals surface area contributed by atoms with Gasteiger partial charge in [0.05, 0.1) is 22.4 Å². The lowest BCUT2D eigenvalue weighted by Crippen LogP contribution is -2.15. The molecule has 6 heteroatoms. The fourth-order valence-electron chi connectivity index (χ4n) is 3.19. The second kappa shape index (κ2) is 6.61. The van der Waals surface area contributed by atoms with Crippen LogP contribution in [0.15, 0.2) is 48.5 Å². The lowest BCUT2D eigenvalue weighted by molar-refractivity contribution is -0.113. The zero-order valence-corrected chi connectivity index (χ0v) is 15.3. The van der Waals surface area contributed by atoms with E-state index in [-0.39, 0.29) is 22.7 Å². The minimum Gasteiger partial charge on any atom is -0.310 e. The number of amides is 1. The summed E-state index contributed by atoms with van der Waals surface area (Å²) in [5, 5.41) is 7.31. The standard InChI is InChI=1S/C20H18FN3OS/c1-12-7-9-14(10-8-12)24-20-18(13(2)23-24)19(26-11-17(25)22-20)15-5-3-4-6-16(15)21/h3-10,19H,11H2,1-2H3,(H,22,25)/t19-/m0/s1. The minimum absolute atomic E-state index is 0.108. The smallest absolute Gasteiger partial charge is 0.235 e. The van der Waals surface area contributed by atoms with Crippen molar-refractivity contribution in [2.75, 3.05) is 11.1 Å². The van der Waals surface area contributed by atoms with Gasteiger partial charge in [0.25, 0.3) is 0 Å². The topological polar surface area (TPSA) is 46.9 Å². The van der Waals surface area contributed by atoms with Gasteiger partial charge < -0.3 is 5.32 Å². The molecule has 1 atom stereocenters. The maximum absolute atomic E-state index is 14.5. The van der Waals surface area contributed by atoms with Gasteiger partial charge in [-0.2, -0.15) is 5.10 Å². The van der Waals surface area contributed by atoms with Crippen LogP contribution in [0.25, 0.3) is 5.69 Å². The van der Waals surface area contributed by atoms with E-state index in [1.165, 1.54) is 17.8 Å². The van der Waals surface area contributed by atoms with Crippen LogP contribution in [0, 0.1) is 19.7 Å². The van der Waals surface area contributed by atoms with Crippen LogP contribution in [0.1, 0.15) is 27.6 Å². The third kappa shape index (κ3) is 2.90. The van der Waals surface area contributed by atoms with E-state index in [4.69, 9.17) is 0 Å². The van der Waals surface area contributed by atoms with Gasteiger partial charge in [-0.25, -0.2) is 9.07 Å². The summed E-state index contributed by atoms with van der Waals surface area (Å²) in [6, 6.07) is 14.6. The molecule has 2 aromatic carbocycles. The van der Waals surface area contributed by atoms with Gasteiger partial charge in [0.1, 0.15) is 11.6 Å². The molecule has 4 rings (SSSR count). The van der Waals surface area contributed by atoms with Crippen LogP contribution >= 0.6 is 11.8 Å². The Hall–Kier alpha value is -2.60. The number of aryl methyl sites for hydroxylation is 2. The number of nitrogens with zero attached hydrogens (tertiary/aromatic N) is 2. The van der Waals surface area contributed by atoms with Gasteiger partial charge in [0.2, 0.25) is 5.91 Å². The molecule has 0 saturated carbocycles. The van der Waals surface area contributed by atoms with E-state index in [1.807, 2.05) is 44.2 Å². The molecular weight excluding hydrogens is 349 g/mol. The summed E-state index contributed by atoms with van der Waals surface area (Å²) in [6.45, 7) is 3.92. The monoisotopic (exact) mass is 367 g/mol. The van der Waals surface area contributed by atoms with E-state index < -0.39 is 0 Å². The van der Waals surface area contributed by atoms with Crippen molar-refractivity contribution in [2.45, 2.75) is 19.1 Å². The third-order valence-corrected chi connectivity index (χ3v) is 5.73. The molecule has 0 aliphatic carbocycles. The Morgan fingerprint density at radius 2 is 1.88 bits per heavy atom. The number of rotatable bonds is 2. The molecule has 1 N–H and O–H groups in total. The summed E-state index contributed by atoms with van der Waals surface area (Å²) in [7, 11) is 0. The Kier molecular flexibility index (Phi) is 4.28. The summed E-state index contributed by atoms with van der Waals surface area (Å²) in [4.78, 5) is 12.3. The van der Waals surface area contributed by atoms with Crippen LogP contribution in [0.2, 0.25) is 0 Å². The first-order chi connectivity index (χ1) is 12.5. The lowest BCUT2D eigenvalue weighted by atomic mass is 10.0. The number of halogens is 1. The number of aromatic nitrogens is 2. The van der Waals surface area contributed by atoms with Crippen molar-refractivity contribution in [3.63, 3.8) is 0 Å². The number of benzene rings is 2. The Morgan fingerprint density at radius 1 is 1.15 bits per heavy atom. The van der Waals surface area contributed by atoms with Crippen LogP contribution in [0.3, 0.4) is 0 Å². The molecular formula is C20H18FN3OS. The van der Waals surface area contributed by atoms with Crippen molar-refractivity contribution < 1.29 is 9.18 Å². The van der Waals surface area contributed by atoms with Gasteiger partial charge >= 0.3 is 0 Å². The Bertz CT molecular complexity index is 981. The largest absolute Gasteiger partial charge is 0.310 e. The van der Waals surface area contributed by atoms with Gasteiger partial charge in [-0.3, -0.25) is 4.79 Å². The molecule has 0 bridgehead atoms. The molecule has 0 unspecified atom stereocenters. The fourth-order valence-corrected chi connectivity index (χ4v) is 4.40. The van der Waals surface area contributed by atoms with E-state index >= 15 is 0 Å². The van der Waals surface area contributed by atoms with Gasteiger partial charge in [0, 0.05) is 11.1 Å². The summed E-state index contributed by atoms with van der Waals surface area (Å²) >= 11 is 1.42. The lowest BCUT2D eigenvalue weighted by Gasteiger charge is -2.16. The normalized spacial score (nSPS) is 16.7. The molecule has 0 fully saturated rings. The second-order valence-electron chi connectivity index (χ2n) is 6.36. The molecule has 26 heavy (non-hydrogen) atoms. The Morgan fingerprint density at radius 3 is 2.62 bits per heavy atom. The molecule has 0 spiro atoms. The molecule has 0 radical (unpaired) electrons. The number of hydrogen-bond acceptors (Lipinski definition) is 3. The molecule has 1 aromatic heterocycles. The zero-order valence-electron chi connectivity index (χ0n) is 14.5. The van der Waals surface area contributed by atoms with Crippen molar-refractivity contribution in [1.82, 2.24) is 9.78 Å². The van der Waals surface area contributed by atoms with Crippen LogP contribution < -0.4 is 5.32 Å². The predicted molar refractivity (Wildman–Crippen MR) is 102 cm³/mol. The maximum Gasteiger partial charge on any atom is 0.235 e. The van der Waals surface area contributed by atoms with Gasteiger partial charge in [0.15, 0.2) is 0 Å². The number of anilines is 1. The zero-order chi connectivity index (χ0) is 18.3. The average Bonchev–Trinajstić information content (AvgIpc) is 2.83. The van der Waals surface area contributed by atoms with Crippen molar-refractivity contribution in [1.29, 1.82) is 0 Å². The first-order valence-electron chi connectivity index (χ1n) is 8.37. The second-order valence-corrected chi connectivity index (χ2v) is 7.45. The summed E-state index contributed by atoms with van der Waals surface area (Å²) in [5.74, 6) is 0.506. The van der Waals surface area contributed by atoms with E-state index in [1.54, 1.807) is 16.8 Å². The van der Waals surface area contributed by atoms with Crippen LogP contribution in [0.4, 0.5) is 10.2 Å². The highest BCUT2D eigenvalue weighted by Gasteiger charge is 2.31. The molecule has 0 saturated heterocycles. The van der Waals surface area contributed by atoms with Crippen LogP contribution in [-0.4, -0.2) is 21.4 Å². The maximum atomic E-state index is 14.5. The number of fused-ring (bicyclic) bond motifs is 1. The third-order valence-electron chi connectivity index (χ3n) is 4.47. The van der Waals surface area contributed by atoms with Crippen molar-refractivity contribution in [2.24, 2.45) is 0 Å². The minimum atomic E-state index is -0.288. The first kappa shape index (κ1) is 16.8. The molecule has 1 amide bonds. The Balaban J connectivity index is 1.91. The quantitative estimate of drug-likeness (QED) is 0.730. The van der Waals surface area contributed by atoms with Crippen LogP contribution in [-0.2, 0) is 4.79 Å². The molecule has 2 heterocycles. The molecule has 1 aliphatic heterocycles.